The van der Waals surface area contributed by atoms with E-state index >= 15 is 0 Å². The molecule has 0 heterocycles. The van der Waals surface area contributed by atoms with Crippen LogP contribution in [0.3, 0.4) is 0 Å². The molecule has 3 heteroatoms. The second-order valence-corrected chi connectivity index (χ2v) is 4.82. The fourth-order valence-corrected chi connectivity index (χ4v) is 1.92. The molecule has 1 aliphatic carbocycles. The van der Waals surface area contributed by atoms with Crippen molar-refractivity contribution in [2.24, 2.45) is 5.41 Å². The standard InChI is InChI=1S/C13H17NO2/c1-14(2)11-5-3-10(4-6-11)9-13(7-8-13)12(15)16/h3-6H,7-9H2,1-2H3,(H,15,16). The van der Waals surface area contributed by atoms with Crippen molar-refractivity contribution in [3.05, 3.63) is 29.8 Å². The van der Waals surface area contributed by atoms with E-state index in [1.165, 1.54) is 0 Å². The Morgan fingerprint density at radius 2 is 1.88 bits per heavy atom. The summed E-state index contributed by atoms with van der Waals surface area (Å²) in [5, 5.41) is 9.10. The number of hydrogen-bond donors (Lipinski definition) is 1. The van der Waals surface area contributed by atoms with E-state index in [1.807, 2.05) is 43.3 Å². The van der Waals surface area contributed by atoms with Gasteiger partial charge >= 0.3 is 5.97 Å². The molecule has 0 unspecified atom stereocenters. The minimum Gasteiger partial charge on any atom is -0.481 e. The monoisotopic (exact) mass is 219 g/mol. The number of carboxylic acids is 1. The lowest BCUT2D eigenvalue weighted by Gasteiger charge is -2.14. The van der Waals surface area contributed by atoms with Crippen LogP contribution in [0, 0.1) is 5.41 Å². The molecule has 0 aliphatic heterocycles. The van der Waals surface area contributed by atoms with Gasteiger partial charge in [0, 0.05) is 19.8 Å². The van der Waals surface area contributed by atoms with Crippen LogP contribution in [0.1, 0.15) is 18.4 Å². The first-order valence-corrected chi connectivity index (χ1v) is 5.53. The average molecular weight is 219 g/mol. The summed E-state index contributed by atoms with van der Waals surface area (Å²) >= 11 is 0. The molecule has 0 spiro atoms. The Kier molecular flexibility index (Phi) is 2.62. The number of benzene rings is 1. The lowest BCUT2D eigenvalue weighted by molar-refractivity contribution is -0.143. The molecule has 0 radical (unpaired) electrons. The Hall–Kier alpha value is -1.51. The number of nitrogens with zero attached hydrogens (tertiary/aromatic N) is 1. The molecule has 0 bridgehead atoms. The number of hydrogen-bond acceptors (Lipinski definition) is 2. The Balaban J connectivity index is 2.09. The van der Waals surface area contributed by atoms with Gasteiger partial charge in [-0.15, -0.1) is 0 Å². The molecule has 1 fully saturated rings. The van der Waals surface area contributed by atoms with Crippen LogP contribution in [0.5, 0.6) is 0 Å². The molecule has 1 aromatic carbocycles. The van der Waals surface area contributed by atoms with Crippen molar-refractivity contribution < 1.29 is 9.90 Å². The van der Waals surface area contributed by atoms with E-state index in [9.17, 15) is 4.79 Å². The maximum atomic E-state index is 11.1. The van der Waals surface area contributed by atoms with Gasteiger partial charge < -0.3 is 10.0 Å². The third-order valence-corrected chi connectivity index (χ3v) is 3.30. The van der Waals surface area contributed by atoms with E-state index in [1.54, 1.807) is 0 Å². The van der Waals surface area contributed by atoms with Gasteiger partial charge in [-0.2, -0.15) is 0 Å². The fraction of sp³-hybridized carbons (Fsp3) is 0.462. The van der Waals surface area contributed by atoms with Gasteiger partial charge in [0.2, 0.25) is 0 Å². The van der Waals surface area contributed by atoms with Crippen LogP contribution in [-0.4, -0.2) is 25.2 Å². The molecule has 1 N–H and O–H groups in total. The first-order chi connectivity index (χ1) is 7.53. The maximum absolute atomic E-state index is 11.1. The Bertz CT molecular complexity index is 391. The number of aliphatic carboxylic acids is 1. The Morgan fingerprint density at radius 1 is 1.31 bits per heavy atom. The largest absolute Gasteiger partial charge is 0.481 e. The summed E-state index contributed by atoms with van der Waals surface area (Å²) < 4.78 is 0. The van der Waals surface area contributed by atoms with Gasteiger partial charge in [0.05, 0.1) is 5.41 Å². The van der Waals surface area contributed by atoms with Crippen molar-refractivity contribution in [2.75, 3.05) is 19.0 Å². The molecule has 0 amide bonds. The summed E-state index contributed by atoms with van der Waals surface area (Å²) in [7, 11) is 3.99. The van der Waals surface area contributed by atoms with Crippen LogP contribution < -0.4 is 4.90 Å². The Morgan fingerprint density at radius 3 is 2.25 bits per heavy atom. The molecule has 0 aromatic heterocycles. The highest BCUT2D eigenvalue weighted by Crippen LogP contribution is 2.48. The summed E-state index contributed by atoms with van der Waals surface area (Å²) in [6.45, 7) is 0. The number of carboxylic acid groups (broad SMARTS) is 1. The minimum atomic E-state index is -0.649. The van der Waals surface area contributed by atoms with Crippen molar-refractivity contribution in [1.29, 1.82) is 0 Å². The first-order valence-electron chi connectivity index (χ1n) is 5.53. The van der Waals surface area contributed by atoms with Crippen molar-refractivity contribution >= 4 is 11.7 Å². The predicted molar refractivity (Wildman–Crippen MR) is 63.8 cm³/mol. The molecule has 1 aromatic rings. The fourth-order valence-electron chi connectivity index (χ4n) is 1.92. The summed E-state index contributed by atoms with van der Waals surface area (Å²) in [6.07, 6.45) is 2.30. The highest BCUT2D eigenvalue weighted by atomic mass is 16.4. The molecule has 2 rings (SSSR count). The molecule has 1 saturated carbocycles. The predicted octanol–water partition coefficient (Wildman–Crippen LogP) is 2.16. The quantitative estimate of drug-likeness (QED) is 0.843. The van der Waals surface area contributed by atoms with E-state index in [-0.39, 0.29) is 0 Å². The molecular formula is C13H17NO2. The normalized spacial score (nSPS) is 16.9. The lowest BCUT2D eigenvalue weighted by atomic mass is 9.96. The smallest absolute Gasteiger partial charge is 0.309 e. The van der Waals surface area contributed by atoms with E-state index in [0.717, 1.165) is 24.1 Å². The van der Waals surface area contributed by atoms with E-state index in [2.05, 4.69) is 0 Å². The zero-order chi connectivity index (χ0) is 11.8. The van der Waals surface area contributed by atoms with Crippen molar-refractivity contribution in [1.82, 2.24) is 0 Å². The average Bonchev–Trinajstić information content (AvgIpc) is 3.00. The van der Waals surface area contributed by atoms with Gasteiger partial charge in [0.1, 0.15) is 0 Å². The van der Waals surface area contributed by atoms with E-state index in [0.29, 0.717) is 6.42 Å². The van der Waals surface area contributed by atoms with Gasteiger partial charge in [-0.3, -0.25) is 4.79 Å². The van der Waals surface area contributed by atoms with Gasteiger partial charge in [0.25, 0.3) is 0 Å². The van der Waals surface area contributed by atoms with Gasteiger partial charge in [-0.05, 0) is 37.0 Å². The summed E-state index contributed by atoms with van der Waals surface area (Å²) in [6, 6.07) is 8.12. The van der Waals surface area contributed by atoms with Crippen LogP contribution in [0.2, 0.25) is 0 Å². The highest BCUT2D eigenvalue weighted by molar-refractivity contribution is 5.78. The zero-order valence-electron chi connectivity index (χ0n) is 9.73. The second kappa shape index (κ2) is 3.81. The maximum Gasteiger partial charge on any atom is 0.309 e. The number of carbonyl (C=O) groups is 1. The molecule has 86 valence electrons. The van der Waals surface area contributed by atoms with Crippen molar-refractivity contribution in [3.8, 4) is 0 Å². The van der Waals surface area contributed by atoms with Crippen LogP contribution >= 0.6 is 0 Å². The van der Waals surface area contributed by atoms with E-state index < -0.39 is 11.4 Å². The van der Waals surface area contributed by atoms with Gasteiger partial charge in [-0.25, -0.2) is 0 Å². The van der Waals surface area contributed by atoms with Crippen molar-refractivity contribution in [2.45, 2.75) is 19.3 Å². The Labute approximate surface area is 95.7 Å². The third kappa shape index (κ3) is 2.03. The van der Waals surface area contributed by atoms with Gasteiger partial charge in [0.15, 0.2) is 0 Å². The summed E-state index contributed by atoms with van der Waals surface area (Å²) in [5.74, 6) is -0.649. The second-order valence-electron chi connectivity index (χ2n) is 4.82. The SMILES string of the molecule is CN(C)c1ccc(CC2(C(=O)O)CC2)cc1. The van der Waals surface area contributed by atoms with Gasteiger partial charge in [-0.1, -0.05) is 12.1 Å². The first kappa shape index (κ1) is 11.0. The summed E-state index contributed by atoms with van der Waals surface area (Å²) in [4.78, 5) is 13.1. The van der Waals surface area contributed by atoms with Crippen LogP contribution in [0.4, 0.5) is 5.69 Å². The highest BCUT2D eigenvalue weighted by Gasteiger charge is 2.49. The lowest BCUT2D eigenvalue weighted by Crippen LogP contribution is -2.17. The topological polar surface area (TPSA) is 40.5 Å². The molecule has 0 saturated heterocycles. The molecule has 1 aliphatic rings. The molecule has 16 heavy (non-hydrogen) atoms. The van der Waals surface area contributed by atoms with Crippen molar-refractivity contribution in [3.63, 3.8) is 0 Å². The minimum absolute atomic E-state index is 0.459. The zero-order valence-corrected chi connectivity index (χ0v) is 9.73. The number of anilines is 1. The molecular weight excluding hydrogens is 202 g/mol. The van der Waals surface area contributed by atoms with Crippen LogP contribution in [-0.2, 0) is 11.2 Å². The van der Waals surface area contributed by atoms with Crippen LogP contribution in [0.25, 0.3) is 0 Å². The van der Waals surface area contributed by atoms with Crippen LogP contribution in [0.15, 0.2) is 24.3 Å². The molecule has 0 atom stereocenters. The summed E-state index contributed by atoms with van der Waals surface area (Å²) in [5.41, 5.74) is 1.80. The molecule has 3 nitrogen and oxygen atoms in total. The third-order valence-electron chi connectivity index (χ3n) is 3.30. The van der Waals surface area contributed by atoms with E-state index in [4.69, 9.17) is 5.11 Å². The number of rotatable bonds is 4.